The molecule has 3 rings (SSSR count). The number of rotatable bonds is 4. The van der Waals surface area contributed by atoms with Crippen LogP contribution in [0.25, 0.3) is 0 Å². The molecular weight excluding hydrogens is 379 g/mol. The quantitative estimate of drug-likeness (QED) is 0.805. The molecule has 1 aliphatic heterocycles. The third kappa shape index (κ3) is 4.11. The van der Waals surface area contributed by atoms with Gasteiger partial charge in [-0.15, -0.1) is 0 Å². The fourth-order valence-electron chi connectivity index (χ4n) is 2.53. The highest BCUT2D eigenvalue weighted by atomic mass is 35.5. The lowest BCUT2D eigenvalue weighted by molar-refractivity contribution is -0.121. The monoisotopic (exact) mass is 394 g/mol. The van der Waals surface area contributed by atoms with Crippen LogP contribution >= 0.6 is 35.0 Å². The highest BCUT2D eigenvalue weighted by Crippen LogP contribution is 2.37. The molecule has 1 unspecified atom stereocenters. The van der Waals surface area contributed by atoms with Crippen LogP contribution in [-0.2, 0) is 11.2 Å². The Balaban J connectivity index is 1.80. The number of ether oxygens (including phenoxy) is 1. The van der Waals surface area contributed by atoms with E-state index < -0.39 is 4.75 Å². The Morgan fingerprint density at radius 3 is 2.72 bits per heavy atom. The lowest BCUT2D eigenvalue weighted by Gasteiger charge is -2.18. The number of benzene rings is 2. The van der Waals surface area contributed by atoms with E-state index in [9.17, 15) is 4.79 Å². The van der Waals surface area contributed by atoms with Gasteiger partial charge in [0.1, 0.15) is 10.5 Å². The molecule has 7 heteroatoms. The first-order chi connectivity index (χ1) is 11.9. The fourth-order valence-corrected chi connectivity index (χ4v) is 3.92. The molecule has 130 valence electrons. The van der Waals surface area contributed by atoms with Crippen molar-refractivity contribution >= 4 is 51.7 Å². The molecular formula is C18H16Cl2N2O2S. The van der Waals surface area contributed by atoms with Crippen molar-refractivity contribution in [1.82, 2.24) is 5.32 Å². The molecule has 0 bridgehead atoms. The van der Waals surface area contributed by atoms with E-state index in [1.54, 1.807) is 25.3 Å². The molecule has 2 aromatic rings. The predicted octanol–water partition coefficient (Wildman–Crippen LogP) is 4.85. The lowest BCUT2D eigenvalue weighted by atomic mass is 9.99. The number of hydrogen-bond donors (Lipinski definition) is 1. The second kappa shape index (κ2) is 7.28. The molecule has 4 nitrogen and oxygen atoms in total. The zero-order chi connectivity index (χ0) is 18.0. The van der Waals surface area contributed by atoms with Crippen molar-refractivity contribution < 1.29 is 9.53 Å². The summed E-state index contributed by atoms with van der Waals surface area (Å²) in [6.07, 6.45) is 0.571. The molecule has 1 fully saturated rings. The van der Waals surface area contributed by atoms with E-state index in [4.69, 9.17) is 27.9 Å². The van der Waals surface area contributed by atoms with E-state index in [1.165, 1.54) is 11.8 Å². The number of amides is 1. The van der Waals surface area contributed by atoms with Crippen LogP contribution in [0.5, 0.6) is 5.75 Å². The van der Waals surface area contributed by atoms with Crippen molar-refractivity contribution in [2.75, 3.05) is 7.11 Å². The lowest BCUT2D eigenvalue weighted by Crippen LogP contribution is -2.35. The van der Waals surface area contributed by atoms with Crippen molar-refractivity contribution in [1.29, 1.82) is 0 Å². The minimum absolute atomic E-state index is 0.0702. The van der Waals surface area contributed by atoms with E-state index in [2.05, 4.69) is 10.3 Å². The number of hydrogen-bond acceptors (Lipinski definition) is 4. The molecule has 1 N–H and O–H groups in total. The van der Waals surface area contributed by atoms with E-state index in [0.717, 1.165) is 11.3 Å². The van der Waals surface area contributed by atoms with Crippen LogP contribution in [0.1, 0.15) is 12.5 Å². The van der Waals surface area contributed by atoms with Gasteiger partial charge in [0.2, 0.25) is 5.91 Å². The third-order valence-corrected chi connectivity index (χ3v) is 5.74. The zero-order valence-electron chi connectivity index (χ0n) is 13.7. The number of nitrogens with one attached hydrogen (secondary N) is 1. The van der Waals surface area contributed by atoms with E-state index in [0.29, 0.717) is 27.3 Å². The van der Waals surface area contributed by atoms with Crippen LogP contribution in [0.2, 0.25) is 10.0 Å². The summed E-state index contributed by atoms with van der Waals surface area (Å²) in [5.41, 5.74) is 1.67. The summed E-state index contributed by atoms with van der Waals surface area (Å²) in [6.45, 7) is 1.91. The summed E-state index contributed by atoms with van der Waals surface area (Å²) in [4.78, 5) is 16.9. The maximum atomic E-state index is 12.5. The molecule has 2 aromatic carbocycles. The van der Waals surface area contributed by atoms with Crippen LogP contribution in [0, 0.1) is 0 Å². The summed E-state index contributed by atoms with van der Waals surface area (Å²) in [6, 6.07) is 12.8. The molecule has 1 aliphatic rings. The van der Waals surface area contributed by atoms with Gasteiger partial charge in [-0.25, -0.2) is 4.99 Å². The summed E-state index contributed by atoms with van der Waals surface area (Å²) in [5.74, 6) is 0.702. The van der Waals surface area contributed by atoms with Crippen LogP contribution in [0.4, 0.5) is 5.69 Å². The molecule has 1 amide bonds. The molecule has 25 heavy (non-hydrogen) atoms. The fraction of sp³-hybridized carbons (Fsp3) is 0.222. The first kappa shape index (κ1) is 18.1. The van der Waals surface area contributed by atoms with E-state index in [1.807, 2.05) is 31.2 Å². The van der Waals surface area contributed by atoms with E-state index in [-0.39, 0.29) is 5.91 Å². The smallest absolute Gasteiger partial charge is 0.242 e. The van der Waals surface area contributed by atoms with Crippen molar-refractivity contribution in [2.24, 2.45) is 4.99 Å². The number of methoxy groups -OCH3 is 1. The molecule has 0 aromatic heterocycles. The van der Waals surface area contributed by atoms with Crippen molar-refractivity contribution in [2.45, 2.75) is 18.1 Å². The number of nitrogens with zero attached hydrogens (tertiary/aromatic N) is 1. The highest BCUT2D eigenvalue weighted by molar-refractivity contribution is 8.16. The molecule has 0 saturated carbocycles. The van der Waals surface area contributed by atoms with Gasteiger partial charge in [0, 0.05) is 0 Å². The van der Waals surface area contributed by atoms with Gasteiger partial charge in [-0.05, 0) is 49.2 Å². The molecule has 0 spiro atoms. The number of halogens is 2. The minimum atomic E-state index is -0.637. The van der Waals surface area contributed by atoms with Gasteiger partial charge >= 0.3 is 0 Å². The summed E-state index contributed by atoms with van der Waals surface area (Å²) >= 11 is 13.3. The Morgan fingerprint density at radius 1 is 1.20 bits per heavy atom. The van der Waals surface area contributed by atoms with E-state index >= 15 is 0 Å². The molecule has 1 heterocycles. The standard InChI is InChI=1S/C18H16Cl2N2O2S/c1-18(10-11-4-3-5-13(8-11)24-2)16(23)22-17(25-18)21-12-6-7-14(19)15(20)9-12/h3-9H,10H2,1-2H3,(H,21,22,23). The zero-order valence-corrected chi connectivity index (χ0v) is 16.0. The van der Waals surface area contributed by atoms with Crippen LogP contribution < -0.4 is 10.1 Å². The number of carbonyl (C=O) groups is 1. The van der Waals surface area contributed by atoms with Gasteiger partial charge in [0.05, 0.1) is 22.8 Å². The summed E-state index contributed by atoms with van der Waals surface area (Å²) in [5, 5.41) is 4.29. The number of carbonyl (C=O) groups excluding carboxylic acids is 1. The predicted molar refractivity (Wildman–Crippen MR) is 104 cm³/mol. The number of thioether (sulfide) groups is 1. The number of aliphatic imine (C=N–C) groups is 1. The molecule has 1 saturated heterocycles. The first-order valence-corrected chi connectivity index (χ1v) is 9.14. The third-order valence-electron chi connectivity index (χ3n) is 3.83. The Labute approximate surface area is 160 Å². The largest absolute Gasteiger partial charge is 0.497 e. The van der Waals surface area contributed by atoms with Crippen molar-refractivity contribution in [3.63, 3.8) is 0 Å². The van der Waals surface area contributed by atoms with Gasteiger partial charge < -0.3 is 10.1 Å². The van der Waals surface area contributed by atoms with Crippen molar-refractivity contribution in [3.05, 3.63) is 58.1 Å². The van der Waals surface area contributed by atoms with Gasteiger partial charge in [-0.1, -0.05) is 47.1 Å². The van der Waals surface area contributed by atoms with Gasteiger partial charge in [0.15, 0.2) is 5.17 Å². The molecule has 1 atom stereocenters. The highest BCUT2D eigenvalue weighted by Gasteiger charge is 2.42. The van der Waals surface area contributed by atoms with Crippen LogP contribution in [0.15, 0.2) is 47.5 Å². The summed E-state index contributed by atoms with van der Waals surface area (Å²) in [7, 11) is 1.62. The van der Waals surface area contributed by atoms with Crippen LogP contribution in [-0.4, -0.2) is 22.9 Å². The number of amidine groups is 1. The van der Waals surface area contributed by atoms with Gasteiger partial charge in [0.25, 0.3) is 0 Å². The Morgan fingerprint density at radius 2 is 2.00 bits per heavy atom. The summed E-state index contributed by atoms with van der Waals surface area (Å²) < 4.78 is 4.61. The Kier molecular flexibility index (Phi) is 5.27. The van der Waals surface area contributed by atoms with Crippen molar-refractivity contribution in [3.8, 4) is 5.75 Å². The minimum Gasteiger partial charge on any atom is -0.497 e. The maximum Gasteiger partial charge on any atom is 0.242 e. The second-order valence-electron chi connectivity index (χ2n) is 5.83. The first-order valence-electron chi connectivity index (χ1n) is 7.57. The normalized spacial score (nSPS) is 21.4. The van der Waals surface area contributed by atoms with Crippen LogP contribution in [0.3, 0.4) is 0 Å². The van der Waals surface area contributed by atoms with Gasteiger partial charge in [-0.3, -0.25) is 4.79 Å². The average Bonchev–Trinajstić information content (AvgIpc) is 2.84. The Hall–Kier alpha value is -1.69. The average molecular weight is 395 g/mol. The second-order valence-corrected chi connectivity index (χ2v) is 8.14. The maximum absolute atomic E-state index is 12.5. The molecule has 0 radical (unpaired) electrons. The Bertz CT molecular complexity index is 857. The SMILES string of the molecule is COc1cccc(CC2(C)SC(=Nc3ccc(Cl)c(Cl)c3)NC2=O)c1. The van der Waals surface area contributed by atoms with Gasteiger partial charge in [-0.2, -0.15) is 0 Å². The molecule has 0 aliphatic carbocycles. The topological polar surface area (TPSA) is 50.7 Å².